The first-order valence-electron chi connectivity index (χ1n) is 10.7. The minimum absolute atomic E-state index is 0.142. The van der Waals surface area contributed by atoms with Gasteiger partial charge in [0.05, 0.1) is 18.5 Å². The predicted molar refractivity (Wildman–Crippen MR) is 122 cm³/mol. The second-order valence-corrected chi connectivity index (χ2v) is 7.41. The molecule has 0 atom stereocenters. The summed E-state index contributed by atoms with van der Waals surface area (Å²) in [7, 11) is 1.64. The zero-order chi connectivity index (χ0) is 22.4. The summed E-state index contributed by atoms with van der Waals surface area (Å²) in [5.41, 5.74) is 3.70. The second-order valence-electron chi connectivity index (χ2n) is 7.41. The number of ether oxygens (including phenoxy) is 2. The molecule has 0 aliphatic rings. The maximum atomic E-state index is 12.6. The van der Waals surface area contributed by atoms with Gasteiger partial charge in [-0.15, -0.1) is 0 Å². The van der Waals surface area contributed by atoms with Crippen LogP contribution in [0, 0.1) is 13.8 Å². The maximum absolute atomic E-state index is 12.6. The van der Waals surface area contributed by atoms with Gasteiger partial charge >= 0.3 is 0 Å². The minimum atomic E-state index is 0.142. The van der Waals surface area contributed by atoms with Crippen molar-refractivity contribution in [3.8, 4) is 23.1 Å². The Bertz CT molecular complexity index is 1020. The molecule has 0 spiro atoms. The molecule has 0 radical (unpaired) electrons. The number of aromatic nitrogens is 2. The number of hydrogen-bond acceptors (Lipinski definition) is 4. The Kier molecular flexibility index (Phi) is 7.34. The fourth-order valence-electron chi connectivity index (χ4n) is 3.57. The number of nitrogens with zero attached hydrogens (tertiary/aromatic N) is 3. The van der Waals surface area contributed by atoms with Crippen molar-refractivity contribution in [3.05, 3.63) is 65.4 Å². The SMILES string of the molecule is CCN(CC)C(=O)CCc1c(C)nn(-c2ccc(OC)cc2)c1Oc1ccccc1C. The number of aryl methyl sites for hydroxylation is 2. The van der Waals surface area contributed by atoms with Crippen LogP contribution in [0.25, 0.3) is 5.69 Å². The van der Waals surface area contributed by atoms with E-state index >= 15 is 0 Å². The first-order valence-corrected chi connectivity index (χ1v) is 10.7. The predicted octanol–water partition coefficient (Wildman–Crippen LogP) is 5.09. The number of rotatable bonds is 9. The summed E-state index contributed by atoms with van der Waals surface area (Å²) in [4.78, 5) is 14.5. The third kappa shape index (κ3) is 5.08. The largest absolute Gasteiger partial charge is 0.497 e. The summed E-state index contributed by atoms with van der Waals surface area (Å²) in [5.74, 6) is 2.33. The molecule has 3 aromatic rings. The number of hydrogen-bond donors (Lipinski definition) is 0. The molecule has 6 nitrogen and oxygen atoms in total. The van der Waals surface area contributed by atoms with E-state index in [0.29, 0.717) is 31.8 Å². The number of methoxy groups -OCH3 is 1. The van der Waals surface area contributed by atoms with Crippen molar-refractivity contribution in [1.82, 2.24) is 14.7 Å². The molecule has 164 valence electrons. The summed E-state index contributed by atoms with van der Waals surface area (Å²) in [6, 6.07) is 15.6. The molecule has 0 aliphatic heterocycles. The van der Waals surface area contributed by atoms with E-state index in [-0.39, 0.29) is 5.91 Å². The molecule has 0 fully saturated rings. The maximum Gasteiger partial charge on any atom is 0.226 e. The summed E-state index contributed by atoms with van der Waals surface area (Å²) in [5, 5.41) is 4.75. The summed E-state index contributed by atoms with van der Waals surface area (Å²) in [6.07, 6.45) is 0.986. The summed E-state index contributed by atoms with van der Waals surface area (Å²) < 4.78 is 13.5. The standard InChI is InChI=1S/C25H31N3O3/c1-6-27(7-2)24(29)17-16-22-19(4)26-28(20-12-14-21(30-5)15-13-20)25(22)31-23-11-9-8-10-18(23)3/h8-15H,6-7,16-17H2,1-5H3. The Morgan fingerprint density at radius 3 is 2.32 bits per heavy atom. The Balaban J connectivity index is 1.99. The van der Waals surface area contributed by atoms with Gasteiger partial charge < -0.3 is 14.4 Å². The van der Waals surface area contributed by atoms with Crippen molar-refractivity contribution in [2.75, 3.05) is 20.2 Å². The number of carbonyl (C=O) groups is 1. The quantitative estimate of drug-likeness (QED) is 0.483. The van der Waals surface area contributed by atoms with Gasteiger partial charge in [-0.3, -0.25) is 4.79 Å². The van der Waals surface area contributed by atoms with Crippen LogP contribution in [0.4, 0.5) is 0 Å². The molecule has 0 saturated heterocycles. The zero-order valence-electron chi connectivity index (χ0n) is 19.0. The lowest BCUT2D eigenvalue weighted by atomic mass is 10.1. The first kappa shape index (κ1) is 22.4. The van der Waals surface area contributed by atoms with Gasteiger partial charge in [-0.2, -0.15) is 5.10 Å². The van der Waals surface area contributed by atoms with Gasteiger partial charge in [-0.1, -0.05) is 18.2 Å². The van der Waals surface area contributed by atoms with Crippen LogP contribution < -0.4 is 9.47 Å². The molecule has 0 saturated carbocycles. The Morgan fingerprint density at radius 2 is 1.71 bits per heavy atom. The molecule has 0 aliphatic carbocycles. The molecule has 1 amide bonds. The van der Waals surface area contributed by atoms with E-state index in [9.17, 15) is 4.79 Å². The first-order chi connectivity index (χ1) is 15.0. The summed E-state index contributed by atoms with van der Waals surface area (Å²) in [6.45, 7) is 9.40. The van der Waals surface area contributed by atoms with Crippen LogP contribution in [0.2, 0.25) is 0 Å². The van der Waals surface area contributed by atoms with Crippen LogP contribution in [0.5, 0.6) is 17.4 Å². The molecule has 1 heterocycles. The van der Waals surface area contributed by atoms with Crippen molar-refractivity contribution >= 4 is 5.91 Å². The topological polar surface area (TPSA) is 56.6 Å². The van der Waals surface area contributed by atoms with E-state index in [4.69, 9.17) is 14.6 Å². The highest BCUT2D eigenvalue weighted by Gasteiger charge is 2.21. The molecular formula is C25H31N3O3. The van der Waals surface area contributed by atoms with Crippen LogP contribution in [-0.2, 0) is 11.2 Å². The highest BCUT2D eigenvalue weighted by Crippen LogP contribution is 2.33. The van der Waals surface area contributed by atoms with E-state index in [1.807, 2.05) is 81.1 Å². The van der Waals surface area contributed by atoms with Crippen molar-refractivity contribution in [3.63, 3.8) is 0 Å². The lowest BCUT2D eigenvalue weighted by Crippen LogP contribution is -2.30. The van der Waals surface area contributed by atoms with Crippen LogP contribution in [0.15, 0.2) is 48.5 Å². The third-order valence-corrected chi connectivity index (χ3v) is 5.46. The fraction of sp³-hybridized carbons (Fsp3) is 0.360. The van der Waals surface area contributed by atoms with Crippen LogP contribution in [-0.4, -0.2) is 40.8 Å². The molecule has 0 N–H and O–H groups in total. The van der Waals surface area contributed by atoms with E-state index in [0.717, 1.165) is 34.0 Å². The highest BCUT2D eigenvalue weighted by atomic mass is 16.5. The third-order valence-electron chi connectivity index (χ3n) is 5.46. The lowest BCUT2D eigenvalue weighted by molar-refractivity contribution is -0.130. The van der Waals surface area contributed by atoms with Crippen molar-refractivity contribution < 1.29 is 14.3 Å². The Labute approximate surface area is 184 Å². The zero-order valence-corrected chi connectivity index (χ0v) is 19.0. The molecule has 0 unspecified atom stereocenters. The monoisotopic (exact) mass is 421 g/mol. The number of carbonyl (C=O) groups excluding carboxylic acids is 1. The molecule has 2 aromatic carbocycles. The molecule has 0 bridgehead atoms. The van der Waals surface area contributed by atoms with Gasteiger partial charge in [0.15, 0.2) is 0 Å². The number of para-hydroxylation sites is 1. The van der Waals surface area contributed by atoms with E-state index in [1.165, 1.54) is 0 Å². The van der Waals surface area contributed by atoms with Crippen molar-refractivity contribution in [2.45, 2.75) is 40.5 Å². The Morgan fingerprint density at radius 1 is 1.03 bits per heavy atom. The van der Waals surface area contributed by atoms with Crippen LogP contribution in [0.1, 0.15) is 37.1 Å². The Hall–Kier alpha value is -3.28. The molecule has 31 heavy (non-hydrogen) atoms. The van der Waals surface area contributed by atoms with Gasteiger partial charge in [0.25, 0.3) is 0 Å². The molecular weight excluding hydrogens is 390 g/mol. The van der Waals surface area contributed by atoms with Crippen LogP contribution >= 0.6 is 0 Å². The number of benzene rings is 2. The second kappa shape index (κ2) is 10.2. The molecule has 3 rings (SSSR count). The van der Waals surface area contributed by atoms with Gasteiger partial charge in [-0.05, 0) is 70.0 Å². The lowest BCUT2D eigenvalue weighted by Gasteiger charge is -2.18. The summed E-state index contributed by atoms with van der Waals surface area (Å²) >= 11 is 0. The van der Waals surface area contributed by atoms with Gasteiger partial charge in [0.2, 0.25) is 11.8 Å². The van der Waals surface area contributed by atoms with Gasteiger partial charge in [-0.25, -0.2) is 4.68 Å². The van der Waals surface area contributed by atoms with Gasteiger partial charge in [0.1, 0.15) is 11.5 Å². The van der Waals surface area contributed by atoms with E-state index in [1.54, 1.807) is 11.8 Å². The molecule has 1 aromatic heterocycles. The van der Waals surface area contributed by atoms with Crippen LogP contribution in [0.3, 0.4) is 0 Å². The van der Waals surface area contributed by atoms with Gasteiger partial charge in [0, 0.05) is 25.1 Å². The number of amides is 1. The van der Waals surface area contributed by atoms with Crippen molar-refractivity contribution in [1.29, 1.82) is 0 Å². The normalized spacial score (nSPS) is 10.7. The fourth-order valence-corrected chi connectivity index (χ4v) is 3.57. The minimum Gasteiger partial charge on any atom is -0.497 e. The average Bonchev–Trinajstić information content (AvgIpc) is 3.09. The molecule has 6 heteroatoms. The smallest absolute Gasteiger partial charge is 0.226 e. The van der Waals surface area contributed by atoms with Crippen molar-refractivity contribution in [2.24, 2.45) is 0 Å². The van der Waals surface area contributed by atoms with E-state index in [2.05, 4.69) is 0 Å². The van der Waals surface area contributed by atoms with E-state index < -0.39 is 0 Å². The average molecular weight is 422 g/mol. The highest BCUT2D eigenvalue weighted by molar-refractivity contribution is 5.76.